The van der Waals surface area contributed by atoms with Gasteiger partial charge in [0, 0.05) is 34.4 Å². The molecule has 4 rings (SSSR count). The van der Waals surface area contributed by atoms with Crippen LogP contribution in [0.1, 0.15) is 47.3 Å². The van der Waals surface area contributed by atoms with E-state index in [1.54, 1.807) is 37.5 Å². The monoisotopic (exact) mass is 427 g/mol. The Morgan fingerprint density at radius 2 is 2.10 bits per heavy atom. The topological polar surface area (TPSA) is 96.4 Å². The number of benzene rings is 1. The van der Waals surface area contributed by atoms with Crippen molar-refractivity contribution in [3.63, 3.8) is 0 Å². The fourth-order valence-electron chi connectivity index (χ4n) is 3.48. The van der Waals surface area contributed by atoms with E-state index < -0.39 is 5.97 Å². The van der Waals surface area contributed by atoms with Crippen molar-refractivity contribution in [2.45, 2.75) is 39.0 Å². The molecule has 0 radical (unpaired) electrons. The number of fused-ring (bicyclic) bond motifs is 1. The summed E-state index contributed by atoms with van der Waals surface area (Å²) in [5, 5.41) is 0.943. The summed E-state index contributed by atoms with van der Waals surface area (Å²) in [4.78, 5) is 29.3. The highest BCUT2D eigenvalue weighted by molar-refractivity contribution is 6.32. The van der Waals surface area contributed by atoms with Gasteiger partial charge in [-0.1, -0.05) is 11.6 Å². The van der Waals surface area contributed by atoms with Gasteiger partial charge in [-0.15, -0.1) is 0 Å². The Morgan fingerprint density at radius 1 is 1.30 bits per heavy atom. The molecule has 0 bridgehead atoms. The van der Waals surface area contributed by atoms with Crippen molar-refractivity contribution in [1.29, 1.82) is 0 Å². The van der Waals surface area contributed by atoms with Crippen LogP contribution in [0.25, 0.3) is 10.9 Å². The van der Waals surface area contributed by atoms with E-state index in [0.717, 1.165) is 24.0 Å². The van der Waals surface area contributed by atoms with E-state index in [0.29, 0.717) is 28.4 Å². The molecule has 1 aromatic carbocycles. The van der Waals surface area contributed by atoms with Gasteiger partial charge in [0.2, 0.25) is 5.43 Å². The van der Waals surface area contributed by atoms with Crippen LogP contribution in [0.5, 0.6) is 0 Å². The molecule has 1 aliphatic rings. The van der Waals surface area contributed by atoms with E-state index in [9.17, 15) is 9.59 Å². The molecular formula is C22H22ClN3O4. The number of ether oxygens (including phenoxy) is 2. The van der Waals surface area contributed by atoms with Crippen LogP contribution >= 0.6 is 11.6 Å². The lowest BCUT2D eigenvalue weighted by Crippen LogP contribution is -2.21. The molecule has 0 spiro atoms. The second kappa shape index (κ2) is 8.45. The number of aromatic nitrogens is 2. The van der Waals surface area contributed by atoms with Gasteiger partial charge in [0.25, 0.3) is 0 Å². The van der Waals surface area contributed by atoms with Crippen LogP contribution in [-0.4, -0.2) is 22.1 Å². The van der Waals surface area contributed by atoms with Crippen LogP contribution in [0.3, 0.4) is 0 Å². The number of nitrogen functional groups attached to an aromatic ring is 1. The molecule has 2 aromatic heterocycles. The number of hydrogen-bond acceptors (Lipinski definition) is 6. The first kappa shape index (κ1) is 20.4. The van der Waals surface area contributed by atoms with Crippen molar-refractivity contribution in [3.05, 3.63) is 68.6 Å². The number of carbonyl (C=O) groups is 1. The summed E-state index contributed by atoms with van der Waals surface area (Å²) in [6, 6.07) is 7.12. The average molecular weight is 428 g/mol. The van der Waals surface area contributed by atoms with Gasteiger partial charge in [0.05, 0.1) is 25.3 Å². The molecule has 0 amide bonds. The van der Waals surface area contributed by atoms with Crippen LogP contribution in [0.2, 0.25) is 5.02 Å². The smallest absolute Gasteiger partial charge is 0.343 e. The number of esters is 1. The van der Waals surface area contributed by atoms with Crippen molar-refractivity contribution < 1.29 is 14.3 Å². The number of pyridine rings is 2. The maximum atomic E-state index is 13.0. The summed E-state index contributed by atoms with van der Waals surface area (Å²) in [6.07, 6.45) is 5.18. The first-order valence-electron chi connectivity index (χ1n) is 9.81. The van der Waals surface area contributed by atoms with E-state index in [4.69, 9.17) is 26.8 Å². The summed E-state index contributed by atoms with van der Waals surface area (Å²) in [5.41, 5.74) is 7.71. The van der Waals surface area contributed by atoms with Crippen LogP contribution in [0.15, 0.2) is 41.5 Å². The zero-order chi connectivity index (χ0) is 21.3. The number of rotatable bonds is 7. The predicted octanol–water partition coefficient (Wildman–Crippen LogP) is 3.86. The quantitative estimate of drug-likeness (QED) is 0.575. The third-order valence-electron chi connectivity index (χ3n) is 5.04. The second-order valence-corrected chi connectivity index (χ2v) is 7.64. The summed E-state index contributed by atoms with van der Waals surface area (Å²) in [7, 11) is 0. The maximum Gasteiger partial charge on any atom is 0.343 e. The van der Waals surface area contributed by atoms with Gasteiger partial charge in [0.1, 0.15) is 11.4 Å². The summed E-state index contributed by atoms with van der Waals surface area (Å²) >= 11 is 6.49. The Labute approximate surface area is 178 Å². The molecule has 3 aromatic rings. The van der Waals surface area contributed by atoms with E-state index in [-0.39, 0.29) is 30.2 Å². The van der Waals surface area contributed by atoms with E-state index >= 15 is 0 Å². The Bertz CT molecular complexity index is 1170. The Balaban J connectivity index is 1.74. The molecular weight excluding hydrogens is 406 g/mol. The highest BCUT2D eigenvalue weighted by atomic mass is 35.5. The SMILES string of the molecule is CCOC(=O)c1cn(C2CC2)c2c(COCc3ccnc(N)c3)c(Cl)ccc2c1=O. The third-order valence-corrected chi connectivity index (χ3v) is 5.39. The Morgan fingerprint density at radius 3 is 2.80 bits per heavy atom. The standard InChI is InChI=1S/C22H22ClN3O4/c1-2-30-22(28)16-10-26(14-3-4-14)20-15(21(16)27)5-6-18(23)17(20)12-29-11-13-7-8-25-19(24)9-13/h5-10,14H,2-4,11-12H2,1H3,(H2,24,25). The van der Waals surface area contributed by atoms with Gasteiger partial charge in [-0.3, -0.25) is 4.79 Å². The summed E-state index contributed by atoms with van der Waals surface area (Å²) in [5.74, 6) is -0.185. The largest absolute Gasteiger partial charge is 0.462 e. The van der Waals surface area contributed by atoms with Crippen molar-refractivity contribution >= 4 is 34.3 Å². The summed E-state index contributed by atoms with van der Waals surface area (Å²) in [6.45, 7) is 2.46. The van der Waals surface area contributed by atoms with E-state index in [2.05, 4.69) is 4.98 Å². The highest BCUT2D eigenvalue weighted by Crippen LogP contribution is 2.39. The number of nitrogens with two attached hydrogens (primary N) is 1. The van der Waals surface area contributed by atoms with E-state index in [1.165, 1.54) is 0 Å². The van der Waals surface area contributed by atoms with Crippen LogP contribution in [-0.2, 0) is 22.7 Å². The van der Waals surface area contributed by atoms with Crippen molar-refractivity contribution in [3.8, 4) is 0 Å². The lowest BCUT2D eigenvalue weighted by Gasteiger charge is -2.17. The fraction of sp³-hybridized carbons (Fsp3) is 0.318. The van der Waals surface area contributed by atoms with Crippen LogP contribution in [0.4, 0.5) is 5.82 Å². The minimum atomic E-state index is -0.609. The zero-order valence-electron chi connectivity index (χ0n) is 16.6. The lowest BCUT2D eigenvalue weighted by molar-refractivity contribution is 0.0524. The average Bonchev–Trinajstić information content (AvgIpc) is 3.55. The minimum absolute atomic E-state index is 0.0395. The van der Waals surface area contributed by atoms with Crippen LogP contribution in [0, 0.1) is 0 Å². The van der Waals surface area contributed by atoms with Crippen LogP contribution < -0.4 is 11.2 Å². The number of nitrogens with zero attached hydrogens (tertiary/aromatic N) is 2. The van der Waals surface area contributed by atoms with Gasteiger partial charge in [-0.2, -0.15) is 0 Å². The first-order valence-corrected chi connectivity index (χ1v) is 10.2. The Kier molecular flexibility index (Phi) is 5.74. The molecule has 0 atom stereocenters. The van der Waals surface area contributed by atoms with E-state index in [1.807, 2.05) is 10.6 Å². The van der Waals surface area contributed by atoms with Gasteiger partial charge in [-0.25, -0.2) is 9.78 Å². The molecule has 1 saturated carbocycles. The molecule has 30 heavy (non-hydrogen) atoms. The normalized spacial score (nSPS) is 13.5. The first-order chi connectivity index (χ1) is 14.5. The lowest BCUT2D eigenvalue weighted by atomic mass is 10.1. The zero-order valence-corrected chi connectivity index (χ0v) is 17.3. The molecule has 156 valence electrons. The number of carbonyl (C=O) groups excluding carboxylic acids is 1. The maximum absolute atomic E-state index is 13.0. The van der Waals surface area contributed by atoms with Crippen molar-refractivity contribution in [2.24, 2.45) is 0 Å². The van der Waals surface area contributed by atoms with Gasteiger partial charge < -0.3 is 19.8 Å². The minimum Gasteiger partial charge on any atom is -0.462 e. The predicted molar refractivity (Wildman–Crippen MR) is 115 cm³/mol. The van der Waals surface area contributed by atoms with Crippen molar-refractivity contribution in [2.75, 3.05) is 12.3 Å². The molecule has 0 saturated heterocycles. The summed E-state index contributed by atoms with van der Waals surface area (Å²) < 4.78 is 12.9. The van der Waals surface area contributed by atoms with Gasteiger partial charge >= 0.3 is 5.97 Å². The molecule has 0 aliphatic heterocycles. The third kappa shape index (κ3) is 4.04. The number of halogens is 1. The second-order valence-electron chi connectivity index (χ2n) is 7.23. The highest BCUT2D eigenvalue weighted by Gasteiger charge is 2.28. The molecule has 8 heteroatoms. The molecule has 1 fully saturated rings. The number of anilines is 1. The molecule has 2 N–H and O–H groups in total. The molecule has 2 heterocycles. The van der Waals surface area contributed by atoms with Crippen molar-refractivity contribution in [1.82, 2.24) is 9.55 Å². The number of hydrogen-bond donors (Lipinski definition) is 1. The van der Waals surface area contributed by atoms with Gasteiger partial charge in [0.15, 0.2) is 0 Å². The molecule has 1 aliphatic carbocycles. The molecule has 0 unspecified atom stereocenters. The Hall–Kier alpha value is -2.90. The van der Waals surface area contributed by atoms with Gasteiger partial charge in [-0.05, 0) is 49.6 Å². The fourth-order valence-corrected chi connectivity index (χ4v) is 3.69. The molecule has 7 nitrogen and oxygen atoms in total.